The normalized spacial score (nSPS) is 14.2. The molecule has 0 saturated heterocycles. The van der Waals surface area contributed by atoms with Crippen molar-refractivity contribution in [1.29, 1.82) is 0 Å². The predicted molar refractivity (Wildman–Crippen MR) is 106 cm³/mol. The van der Waals surface area contributed by atoms with Crippen molar-refractivity contribution in [3.63, 3.8) is 0 Å². The fourth-order valence-corrected chi connectivity index (χ4v) is 4.74. The number of nitrogens with one attached hydrogen (secondary N) is 1. The Bertz CT molecular complexity index is 991. The van der Waals surface area contributed by atoms with Crippen LogP contribution in [0.15, 0.2) is 83.8 Å². The SMILES string of the molecule is O=S(=O)(c1ccc(CNCc2ccccc2)cc1)N1Cc2ccccc2C1. The highest BCUT2D eigenvalue weighted by Gasteiger charge is 2.30. The van der Waals surface area contributed by atoms with Gasteiger partial charge in [0.1, 0.15) is 0 Å². The van der Waals surface area contributed by atoms with Crippen LogP contribution < -0.4 is 5.32 Å². The van der Waals surface area contributed by atoms with E-state index in [0.29, 0.717) is 24.5 Å². The third kappa shape index (κ3) is 3.95. The fourth-order valence-electron chi connectivity index (χ4n) is 3.35. The second-order valence-corrected chi connectivity index (χ2v) is 8.71. The molecule has 27 heavy (non-hydrogen) atoms. The van der Waals surface area contributed by atoms with Crippen molar-refractivity contribution in [2.24, 2.45) is 0 Å². The van der Waals surface area contributed by atoms with Crippen molar-refractivity contribution < 1.29 is 8.42 Å². The van der Waals surface area contributed by atoms with E-state index >= 15 is 0 Å². The number of sulfonamides is 1. The summed E-state index contributed by atoms with van der Waals surface area (Å²) in [7, 11) is -3.47. The molecule has 3 aromatic carbocycles. The van der Waals surface area contributed by atoms with Gasteiger partial charge in [0.25, 0.3) is 0 Å². The highest BCUT2D eigenvalue weighted by Crippen LogP contribution is 2.28. The van der Waals surface area contributed by atoms with E-state index in [-0.39, 0.29) is 0 Å². The van der Waals surface area contributed by atoms with Gasteiger partial charge in [0, 0.05) is 26.2 Å². The maximum atomic E-state index is 12.9. The van der Waals surface area contributed by atoms with Gasteiger partial charge in [-0.3, -0.25) is 0 Å². The molecule has 4 rings (SSSR count). The van der Waals surface area contributed by atoms with E-state index in [1.807, 2.05) is 54.6 Å². The molecule has 1 aliphatic heterocycles. The second-order valence-electron chi connectivity index (χ2n) is 6.77. The number of hydrogen-bond acceptors (Lipinski definition) is 3. The summed E-state index contributed by atoms with van der Waals surface area (Å²) in [4.78, 5) is 0.349. The molecule has 0 fully saturated rings. The van der Waals surface area contributed by atoms with Crippen molar-refractivity contribution in [3.8, 4) is 0 Å². The molecule has 0 amide bonds. The molecule has 0 unspecified atom stereocenters. The molecule has 0 aromatic heterocycles. The standard InChI is InChI=1S/C22H22N2O2S/c25-27(26,24-16-20-8-4-5-9-21(20)17-24)22-12-10-19(11-13-22)15-23-14-18-6-2-1-3-7-18/h1-13,23H,14-17H2. The van der Waals surface area contributed by atoms with Crippen LogP contribution in [0.5, 0.6) is 0 Å². The maximum absolute atomic E-state index is 12.9. The minimum absolute atomic E-state index is 0.349. The number of fused-ring (bicyclic) bond motifs is 1. The summed E-state index contributed by atoms with van der Waals surface area (Å²) in [6, 6.07) is 25.3. The zero-order chi connectivity index (χ0) is 18.7. The van der Waals surface area contributed by atoms with Crippen LogP contribution in [0.4, 0.5) is 0 Å². The molecule has 1 heterocycles. The summed E-state index contributed by atoms with van der Waals surface area (Å²) in [6.07, 6.45) is 0. The minimum atomic E-state index is -3.47. The Balaban J connectivity index is 1.40. The van der Waals surface area contributed by atoms with Crippen molar-refractivity contribution in [1.82, 2.24) is 9.62 Å². The first-order valence-electron chi connectivity index (χ1n) is 9.03. The van der Waals surface area contributed by atoms with Gasteiger partial charge in [-0.2, -0.15) is 4.31 Å². The quantitative estimate of drug-likeness (QED) is 0.712. The monoisotopic (exact) mass is 378 g/mol. The van der Waals surface area contributed by atoms with Crippen molar-refractivity contribution in [2.45, 2.75) is 31.1 Å². The smallest absolute Gasteiger partial charge is 0.243 e. The Morgan fingerprint density at radius 2 is 1.22 bits per heavy atom. The molecule has 0 atom stereocenters. The number of benzene rings is 3. The van der Waals surface area contributed by atoms with Gasteiger partial charge in [-0.1, -0.05) is 66.7 Å². The minimum Gasteiger partial charge on any atom is -0.309 e. The Morgan fingerprint density at radius 3 is 1.81 bits per heavy atom. The number of nitrogens with zero attached hydrogens (tertiary/aromatic N) is 1. The Morgan fingerprint density at radius 1 is 0.704 bits per heavy atom. The maximum Gasteiger partial charge on any atom is 0.243 e. The molecule has 0 aliphatic carbocycles. The predicted octanol–water partition coefficient (Wildman–Crippen LogP) is 3.68. The van der Waals surface area contributed by atoms with Gasteiger partial charge in [-0.15, -0.1) is 0 Å². The van der Waals surface area contributed by atoms with E-state index < -0.39 is 10.0 Å². The summed E-state index contributed by atoms with van der Waals surface area (Å²) in [5.74, 6) is 0. The third-order valence-electron chi connectivity index (χ3n) is 4.87. The summed E-state index contributed by atoms with van der Waals surface area (Å²) >= 11 is 0. The summed E-state index contributed by atoms with van der Waals surface area (Å²) in [5, 5.41) is 3.38. The molecule has 1 N–H and O–H groups in total. The molecule has 138 valence electrons. The topological polar surface area (TPSA) is 49.4 Å². The average molecular weight is 378 g/mol. The van der Waals surface area contributed by atoms with E-state index in [1.54, 1.807) is 16.4 Å². The molecule has 4 nitrogen and oxygen atoms in total. The van der Waals surface area contributed by atoms with E-state index in [0.717, 1.165) is 23.2 Å². The number of rotatable bonds is 6. The molecule has 0 bridgehead atoms. The van der Waals surface area contributed by atoms with Crippen LogP contribution in [0, 0.1) is 0 Å². The van der Waals surface area contributed by atoms with E-state index in [1.165, 1.54) is 5.56 Å². The first kappa shape index (κ1) is 17.9. The molecule has 0 radical (unpaired) electrons. The van der Waals surface area contributed by atoms with Gasteiger partial charge in [0.2, 0.25) is 10.0 Å². The van der Waals surface area contributed by atoms with Crippen LogP contribution in [0.2, 0.25) is 0 Å². The largest absolute Gasteiger partial charge is 0.309 e. The van der Waals surface area contributed by atoms with Crippen LogP contribution in [0.1, 0.15) is 22.3 Å². The van der Waals surface area contributed by atoms with Crippen LogP contribution in [-0.4, -0.2) is 12.7 Å². The summed E-state index contributed by atoms with van der Waals surface area (Å²) in [6.45, 7) is 2.37. The zero-order valence-corrected chi connectivity index (χ0v) is 15.8. The van der Waals surface area contributed by atoms with Gasteiger partial charge >= 0.3 is 0 Å². The van der Waals surface area contributed by atoms with Crippen molar-refractivity contribution in [3.05, 3.63) is 101 Å². The molecule has 0 saturated carbocycles. The van der Waals surface area contributed by atoms with Gasteiger partial charge < -0.3 is 5.32 Å². The first-order valence-corrected chi connectivity index (χ1v) is 10.5. The summed E-state index contributed by atoms with van der Waals surface area (Å²) in [5.41, 5.74) is 4.46. The van der Waals surface area contributed by atoms with Crippen LogP contribution in [0.3, 0.4) is 0 Å². The van der Waals surface area contributed by atoms with Crippen molar-refractivity contribution in [2.75, 3.05) is 0 Å². The molecule has 3 aromatic rings. The summed E-state index contributed by atoms with van der Waals surface area (Å²) < 4.78 is 27.4. The lowest BCUT2D eigenvalue weighted by atomic mass is 10.1. The van der Waals surface area contributed by atoms with Crippen LogP contribution >= 0.6 is 0 Å². The highest BCUT2D eigenvalue weighted by atomic mass is 32.2. The lowest BCUT2D eigenvalue weighted by molar-refractivity contribution is 0.431. The third-order valence-corrected chi connectivity index (χ3v) is 6.68. The van der Waals surface area contributed by atoms with Crippen LogP contribution in [0.25, 0.3) is 0 Å². The Kier molecular flexibility index (Phi) is 5.07. The zero-order valence-electron chi connectivity index (χ0n) is 15.0. The van der Waals surface area contributed by atoms with Gasteiger partial charge in [0.15, 0.2) is 0 Å². The van der Waals surface area contributed by atoms with Crippen molar-refractivity contribution >= 4 is 10.0 Å². The molecular weight excluding hydrogens is 356 g/mol. The van der Waals surface area contributed by atoms with Gasteiger partial charge in [-0.05, 0) is 34.4 Å². The Hall–Kier alpha value is -2.47. The second kappa shape index (κ2) is 7.64. The van der Waals surface area contributed by atoms with Gasteiger partial charge in [-0.25, -0.2) is 8.42 Å². The van der Waals surface area contributed by atoms with E-state index in [4.69, 9.17) is 0 Å². The molecule has 1 aliphatic rings. The van der Waals surface area contributed by atoms with Crippen LogP contribution in [-0.2, 0) is 36.2 Å². The van der Waals surface area contributed by atoms with Gasteiger partial charge in [0.05, 0.1) is 4.90 Å². The molecular formula is C22H22N2O2S. The van der Waals surface area contributed by atoms with E-state index in [2.05, 4.69) is 17.4 Å². The molecule has 0 spiro atoms. The van der Waals surface area contributed by atoms with E-state index in [9.17, 15) is 8.42 Å². The lowest BCUT2D eigenvalue weighted by Gasteiger charge is -2.16. The fraction of sp³-hybridized carbons (Fsp3) is 0.182. The molecule has 5 heteroatoms. The number of hydrogen-bond donors (Lipinski definition) is 1. The first-order chi connectivity index (χ1) is 13.1. The average Bonchev–Trinajstić information content (AvgIpc) is 3.14. The highest BCUT2D eigenvalue weighted by molar-refractivity contribution is 7.89. The lowest BCUT2D eigenvalue weighted by Crippen LogP contribution is -2.25. The Labute approximate surface area is 160 Å².